The zero-order chi connectivity index (χ0) is 17.8. The molecule has 3 aromatic rings. The van der Waals surface area contributed by atoms with Gasteiger partial charge in [0.1, 0.15) is 12.3 Å². The normalized spacial score (nSPS) is 10.5. The van der Waals surface area contributed by atoms with Crippen LogP contribution < -0.4 is 15.2 Å². The number of carbonyl (C=O) groups excluding carboxylic acids is 1. The Bertz CT molecular complexity index is 910. The minimum atomic E-state index is -0.676. The molecule has 0 spiro atoms. The molecule has 0 bridgehead atoms. The molecule has 0 saturated carbocycles. The molecule has 2 aromatic carbocycles. The lowest BCUT2D eigenvalue weighted by Gasteiger charge is -2.14. The van der Waals surface area contributed by atoms with Crippen LogP contribution in [0.4, 0.5) is 0 Å². The highest BCUT2D eigenvalue weighted by Gasteiger charge is 2.21. The third-order valence-electron chi connectivity index (χ3n) is 3.51. The van der Waals surface area contributed by atoms with Gasteiger partial charge in [-0.1, -0.05) is 34.1 Å². The van der Waals surface area contributed by atoms with Gasteiger partial charge in [0.25, 0.3) is 5.91 Å². The lowest BCUT2D eigenvalue weighted by Crippen LogP contribution is -2.13. The minimum Gasteiger partial charge on any atom is -0.493 e. The van der Waals surface area contributed by atoms with Crippen LogP contribution in [0.15, 0.2) is 46.9 Å². The zero-order valence-electron chi connectivity index (χ0n) is 13.3. The average molecular weight is 403 g/mol. The fraction of sp³-hybridized carbons (Fsp3) is 0.118. The van der Waals surface area contributed by atoms with Gasteiger partial charge in [-0.25, -0.2) is 0 Å². The first-order chi connectivity index (χ1) is 12.1. The fourth-order valence-electron chi connectivity index (χ4n) is 2.38. The lowest BCUT2D eigenvalue weighted by molar-refractivity contribution is 0.0996. The van der Waals surface area contributed by atoms with Gasteiger partial charge < -0.3 is 15.2 Å². The van der Waals surface area contributed by atoms with Crippen LogP contribution in [0.5, 0.6) is 11.5 Å². The van der Waals surface area contributed by atoms with E-state index in [0.29, 0.717) is 29.4 Å². The molecule has 8 heteroatoms. The van der Waals surface area contributed by atoms with Crippen LogP contribution in [-0.4, -0.2) is 28.4 Å². The maximum atomic E-state index is 11.6. The smallest absolute Gasteiger partial charge is 0.271 e. The summed E-state index contributed by atoms with van der Waals surface area (Å²) in [5.41, 5.74) is 7.26. The molecule has 7 nitrogen and oxygen atoms in total. The first-order valence-corrected chi connectivity index (χ1v) is 8.14. The van der Waals surface area contributed by atoms with Crippen molar-refractivity contribution in [3.05, 3.63) is 58.2 Å². The number of carbonyl (C=O) groups is 1. The van der Waals surface area contributed by atoms with E-state index in [4.69, 9.17) is 15.2 Å². The van der Waals surface area contributed by atoms with E-state index in [2.05, 4.69) is 31.3 Å². The molecule has 0 atom stereocenters. The first-order valence-electron chi connectivity index (χ1n) is 7.35. The predicted molar refractivity (Wildman–Crippen MR) is 95.4 cm³/mol. The second kappa shape index (κ2) is 7.35. The average Bonchev–Trinajstić information content (AvgIpc) is 3.09. The van der Waals surface area contributed by atoms with E-state index in [1.165, 1.54) is 0 Å². The van der Waals surface area contributed by atoms with Crippen LogP contribution in [0.25, 0.3) is 11.3 Å². The maximum Gasteiger partial charge on any atom is 0.271 e. The summed E-state index contributed by atoms with van der Waals surface area (Å²) in [7, 11) is 1.54. The third-order valence-corrected chi connectivity index (χ3v) is 4.00. The Labute approximate surface area is 152 Å². The Kier molecular flexibility index (Phi) is 4.99. The standard InChI is InChI=1S/C17H15BrN4O3/c1-24-13-7-3-6-12(14-15(17(19)23)21-22-20-14)16(13)25-9-10-4-2-5-11(18)8-10/h2-8H,9H2,1H3,(H2,19,23)(H,20,21,22). The Balaban J connectivity index is 1.99. The van der Waals surface area contributed by atoms with Crippen molar-refractivity contribution in [1.29, 1.82) is 0 Å². The monoisotopic (exact) mass is 402 g/mol. The van der Waals surface area contributed by atoms with Crippen molar-refractivity contribution >= 4 is 21.8 Å². The molecule has 25 heavy (non-hydrogen) atoms. The Morgan fingerprint density at radius 3 is 2.76 bits per heavy atom. The molecule has 1 amide bonds. The molecule has 0 aliphatic heterocycles. The van der Waals surface area contributed by atoms with Crippen LogP contribution in [0, 0.1) is 0 Å². The number of hydrogen-bond acceptors (Lipinski definition) is 5. The number of halogens is 1. The molecule has 0 saturated heterocycles. The number of aromatic nitrogens is 3. The Hall–Kier alpha value is -2.87. The molecule has 3 N–H and O–H groups in total. The summed E-state index contributed by atoms with van der Waals surface area (Å²) < 4.78 is 12.3. The van der Waals surface area contributed by atoms with Gasteiger partial charge in [-0.3, -0.25) is 4.79 Å². The summed E-state index contributed by atoms with van der Waals surface area (Å²) in [5, 5.41) is 10.3. The first kappa shape index (κ1) is 17.0. The van der Waals surface area contributed by atoms with Crippen LogP contribution in [0.2, 0.25) is 0 Å². The summed E-state index contributed by atoms with van der Waals surface area (Å²) in [4.78, 5) is 11.6. The molecule has 128 valence electrons. The van der Waals surface area contributed by atoms with Gasteiger partial charge in [0, 0.05) is 4.47 Å². The summed E-state index contributed by atoms with van der Waals surface area (Å²) in [5.74, 6) is 0.303. The number of ether oxygens (including phenoxy) is 2. The molecule has 0 aliphatic rings. The molecule has 1 heterocycles. The van der Waals surface area contributed by atoms with Gasteiger partial charge in [-0.2, -0.15) is 15.4 Å². The summed E-state index contributed by atoms with van der Waals surface area (Å²) >= 11 is 3.43. The minimum absolute atomic E-state index is 0.0422. The Morgan fingerprint density at radius 1 is 1.24 bits per heavy atom. The van der Waals surface area contributed by atoms with Crippen molar-refractivity contribution in [3.8, 4) is 22.8 Å². The van der Waals surface area contributed by atoms with Crippen molar-refractivity contribution in [2.45, 2.75) is 6.61 Å². The molecule has 1 aromatic heterocycles. The van der Waals surface area contributed by atoms with E-state index < -0.39 is 5.91 Å². The van der Waals surface area contributed by atoms with Crippen LogP contribution >= 0.6 is 15.9 Å². The number of amides is 1. The largest absolute Gasteiger partial charge is 0.493 e. The number of rotatable bonds is 6. The van der Waals surface area contributed by atoms with Gasteiger partial charge in [-0.15, -0.1) is 0 Å². The van der Waals surface area contributed by atoms with E-state index in [1.807, 2.05) is 24.3 Å². The highest BCUT2D eigenvalue weighted by molar-refractivity contribution is 9.10. The second-order valence-corrected chi connectivity index (χ2v) is 6.06. The zero-order valence-corrected chi connectivity index (χ0v) is 14.9. The van der Waals surface area contributed by atoms with Gasteiger partial charge in [0.15, 0.2) is 17.2 Å². The quantitative estimate of drug-likeness (QED) is 0.659. The number of benzene rings is 2. The highest BCUT2D eigenvalue weighted by atomic mass is 79.9. The number of nitrogens with two attached hydrogens (primary N) is 1. The molecule has 0 fully saturated rings. The molecule has 0 aliphatic carbocycles. The van der Waals surface area contributed by atoms with E-state index >= 15 is 0 Å². The molecule has 0 radical (unpaired) electrons. The van der Waals surface area contributed by atoms with Crippen molar-refractivity contribution in [2.24, 2.45) is 5.73 Å². The van der Waals surface area contributed by atoms with Crippen molar-refractivity contribution in [2.75, 3.05) is 7.11 Å². The van der Waals surface area contributed by atoms with Crippen LogP contribution in [0.3, 0.4) is 0 Å². The summed E-state index contributed by atoms with van der Waals surface area (Å²) in [6.45, 7) is 0.316. The fourth-order valence-corrected chi connectivity index (χ4v) is 2.83. The lowest BCUT2D eigenvalue weighted by atomic mass is 10.1. The van der Waals surface area contributed by atoms with Crippen LogP contribution in [0.1, 0.15) is 16.1 Å². The van der Waals surface area contributed by atoms with Crippen molar-refractivity contribution in [1.82, 2.24) is 15.4 Å². The Morgan fingerprint density at radius 2 is 2.04 bits per heavy atom. The van der Waals surface area contributed by atoms with Crippen LogP contribution in [-0.2, 0) is 6.61 Å². The molecule has 0 unspecified atom stereocenters. The van der Waals surface area contributed by atoms with E-state index in [1.54, 1.807) is 25.3 Å². The summed E-state index contributed by atoms with van der Waals surface area (Å²) in [6.07, 6.45) is 0. The highest BCUT2D eigenvalue weighted by Crippen LogP contribution is 2.38. The number of H-pyrrole nitrogens is 1. The summed E-state index contributed by atoms with van der Waals surface area (Å²) in [6, 6.07) is 13.1. The van der Waals surface area contributed by atoms with Gasteiger partial charge >= 0.3 is 0 Å². The number of primary amides is 1. The second-order valence-electron chi connectivity index (χ2n) is 5.14. The van der Waals surface area contributed by atoms with E-state index in [0.717, 1.165) is 10.0 Å². The number of methoxy groups -OCH3 is 1. The number of aromatic amines is 1. The van der Waals surface area contributed by atoms with Gasteiger partial charge in [-0.05, 0) is 29.8 Å². The van der Waals surface area contributed by atoms with Crippen molar-refractivity contribution < 1.29 is 14.3 Å². The molecular formula is C17H15BrN4O3. The molecule has 3 rings (SSSR count). The molecular weight excluding hydrogens is 388 g/mol. The van der Waals surface area contributed by atoms with E-state index in [-0.39, 0.29) is 5.69 Å². The number of nitrogens with one attached hydrogen (secondary N) is 1. The van der Waals surface area contributed by atoms with Gasteiger partial charge in [0.2, 0.25) is 0 Å². The van der Waals surface area contributed by atoms with Gasteiger partial charge in [0.05, 0.1) is 12.7 Å². The van der Waals surface area contributed by atoms with Crippen molar-refractivity contribution in [3.63, 3.8) is 0 Å². The SMILES string of the molecule is COc1cccc(-c2n[nH]nc2C(N)=O)c1OCc1cccc(Br)c1. The number of para-hydroxylation sites is 1. The van der Waals surface area contributed by atoms with E-state index in [9.17, 15) is 4.79 Å². The number of nitrogens with zero attached hydrogens (tertiary/aromatic N) is 2. The third kappa shape index (κ3) is 3.63. The number of hydrogen-bond donors (Lipinski definition) is 2. The predicted octanol–water partition coefficient (Wildman–Crippen LogP) is 2.92. The topological polar surface area (TPSA) is 103 Å². The maximum absolute atomic E-state index is 11.6.